The quantitative estimate of drug-likeness (QED) is 0.435. The summed E-state index contributed by atoms with van der Waals surface area (Å²) in [5.41, 5.74) is 1.34. The summed E-state index contributed by atoms with van der Waals surface area (Å²) in [4.78, 5) is 12.3. The number of nitrogens with zero attached hydrogens (tertiary/aromatic N) is 3. The van der Waals surface area contributed by atoms with E-state index < -0.39 is 5.91 Å². The zero-order chi connectivity index (χ0) is 20.1. The molecule has 0 aliphatic carbocycles. The Morgan fingerprint density at radius 2 is 1.86 bits per heavy atom. The van der Waals surface area contributed by atoms with Crippen LogP contribution in [0.4, 0.5) is 5.69 Å². The van der Waals surface area contributed by atoms with Crippen LogP contribution < -0.4 is 4.74 Å². The van der Waals surface area contributed by atoms with E-state index in [1.165, 1.54) is 24.3 Å². The van der Waals surface area contributed by atoms with E-state index >= 15 is 0 Å². The van der Waals surface area contributed by atoms with Crippen molar-refractivity contribution in [1.82, 2.24) is 4.57 Å². The van der Waals surface area contributed by atoms with Gasteiger partial charge in [-0.25, -0.2) is 0 Å². The molecule has 146 valence electrons. The molecular formula is C21H23N3O4. The number of benzene rings is 2. The van der Waals surface area contributed by atoms with Crippen molar-refractivity contribution in [2.45, 2.75) is 32.7 Å². The smallest absolute Gasteiger partial charge is 0.295 e. The Labute approximate surface area is 162 Å². The summed E-state index contributed by atoms with van der Waals surface area (Å²) in [5, 5.41) is 28.5. The van der Waals surface area contributed by atoms with Gasteiger partial charge in [0.05, 0.1) is 12.6 Å². The molecule has 0 bridgehead atoms. The van der Waals surface area contributed by atoms with E-state index in [2.05, 4.69) is 17.2 Å². The number of fused-ring (bicyclic) bond motifs is 1. The Balaban J connectivity index is 1.99. The highest BCUT2D eigenvalue weighted by Crippen LogP contribution is 2.40. The number of carbonyl (C=O) groups is 1. The van der Waals surface area contributed by atoms with Crippen molar-refractivity contribution in [3.05, 3.63) is 48.0 Å². The minimum Gasteiger partial charge on any atom is -0.508 e. The Morgan fingerprint density at radius 1 is 1.11 bits per heavy atom. The molecule has 7 heteroatoms. The number of rotatable bonds is 7. The standard InChI is InChI=1S/C21H23N3O4/c1-3-4-5-12-24-18-11-10-16(28-2)13-17(18)19(21(24)27)22-23-20(26)14-6-8-15(25)9-7-14/h6-11,13,25,27H,3-5,12H2,1-2H3. The van der Waals surface area contributed by atoms with Gasteiger partial charge in [-0.2, -0.15) is 0 Å². The van der Waals surface area contributed by atoms with Gasteiger partial charge >= 0.3 is 0 Å². The summed E-state index contributed by atoms with van der Waals surface area (Å²) >= 11 is 0. The lowest BCUT2D eigenvalue weighted by molar-refractivity contribution is 0.0995. The fraction of sp³-hybridized carbons (Fsp3) is 0.286. The fourth-order valence-electron chi connectivity index (χ4n) is 3.03. The summed E-state index contributed by atoms with van der Waals surface area (Å²) in [6.07, 6.45) is 3.04. The molecule has 3 rings (SSSR count). The van der Waals surface area contributed by atoms with Crippen LogP contribution in [-0.4, -0.2) is 27.8 Å². The third-order valence-electron chi connectivity index (χ3n) is 4.56. The van der Waals surface area contributed by atoms with Crippen LogP contribution in [0.1, 0.15) is 36.5 Å². The third-order valence-corrected chi connectivity index (χ3v) is 4.56. The summed E-state index contributed by atoms with van der Waals surface area (Å²) < 4.78 is 7.06. The maximum absolute atomic E-state index is 12.3. The molecule has 0 saturated carbocycles. The Kier molecular flexibility index (Phi) is 5.93. The van der Waals surface area contributed by atoms with Crippen LogP contribution in [0.15, 0.2) is 52.7 Å². The van der Waals surface area contributed by atoms with Crippen LogP contribution in [0.5, 0.6) is 17.4 Å². The van der Waals surface area contributed by atoms with Crippen molar-refractivity contribution in [2.24, 2.45) is 10.2 Å². The van der Waals surface area contributed by atoms with Gasteiger partial charge in [-0.1, -0.05) is 19.8 Å². The first-order chi connectivity index (χ1) is 13.5. The lowest BCUT2D eigenvalue weighted by atomic mass is 10.2. The number of ether oxygens (including phenoxy) is 1. The summed E-state index contributed by atoms with van der Waals surface area (Å²) in [7, 11) is 1.56. The van der Waals surface area contributed by atoms with Gasteiger partial charge in [0.2, 0.25) is 5.88 Å². The number of phenolic OH excluding ortho intramolecular Hbond substituents is 1. The third kappa shape index (κ3) is 3.98. The summed E-state index contributed by atoms with van der Waals surface area (Å²) in [6.45, 7) is 2.76. The number of phenols is 1. The molecule has 28 heavy (non-hydrogen) atoms. The SMILES string of the molecule is CCCCCn1c(O)c(N=NC(=O)c2ccc(O)cc2)c2cc(OC)ccc21. The average Bonchev–Trinajstić information content (AvgIpc) is 2.97. The van der Waals surface area contributed by atoms with E-state index in [4.69, 9.17) is 4.74 Å². The second kappa shape index (κ2) is 8.56. The van der Waals surface area contributed by atoms with Gasteiger partial charge in [-0.05, 0) is 48.9 Å². The predicted molar refractivity (Wildman–Crippen MR) is 107 cm³/mol. The first-order valence-corrected chi connectivity index (χ1v) is 9.19. The number of amides is 1. The summed E-state index contributed by atoms with van der Waals surface area (Å²) in [6, 6.07) is 11.2. The van der Waals surface area contributed by atoms with Crippen LogP contribution in [0, 0.1) is 0 Å². The average molecular weight is 381 g/mol. The number of unbranched alkanes of at least 4 members (excludes halogenated alkanes) is 2. The number of carbonyl (C=O) groups excluding carboxylic acids is 1. The van der Waals surface area contributed by atoms with E-state index in [-0.39, 0.29) is 17.3 Å². The molecule has 0 unspecified atom stereocenters. The molecule has 2 N–H and O–H groups in total. The molecule has 0 saturated heterocycles. The topological polar surface area (TPSA) is 96.4 Å². The van der Waals surface area contributed by atoms with Crippen molar-refractivity contribution >= 4 is 22.5 Å². The largest absolute Gasteiger partial charge is 0.508 e. The molecular weight excluding hydrogens is 358 g/mol. The van der Waals surface area contributed by atoms with E-state index in [1.807, 2.05) is 12.1 Å². The molecule has 3 aromatic rings. The van der Waals surface area contributed by atoms with Crippen molar-refractivity contribution in [2.75, 3.05) is 7.11 Å². The Bertz CT molecular complexity index is 1010. The van der Waals surface area contributed by atoms with Crippen LogP contribution in [0.3, 0.4) is 0 Å². The molecule has 0 atom stereocenters. The fourth-order valence-corrected chi connectivity index (χ4v) is 3.03. The van der Waals surface area contributed by atoms with Gasteiger partial charge in [-0.15, -0.1) is 10.2 Å². The molecule has 0 spiro atoms. The molecule has 1 aromatic heterocycles. The van der Waals surface area contributed by atoms with Crippen molar-refractivity contribution < 1.29 is 19.7 Å². The number of aromatic hydroxyl groups is 2. The lowest BCUT2D eigenvalue weighted by Gasteiger charge is -2.06. The molecule has 0 radical (unpaired) electrons. The van der Waals surface area contributed by atoms with Crippen molar-refractivity contribution in [1.29, 1.82) is 0 Å². The zero-order valence-corrected chi connectivity index (χ0v) is 15.9. The van der Waals surface area contributed by atoms with Crippen LogP contribution in [0.2, 0.25) is 0 Å². The first-order valence-electron chi connectivity index (χ1n) is 9.19. The van der Waals surface area contributed by atoms with E-state index in [9.17, 15) is 15.0 Å². The predicted octanol–water partition coefficient (Wildman–Crippen LogP) is 5.18. The number of hydrogen-bond donors (Lipinski definition) is 2. The number of aromatic nitrogens is 1. The van der Waals surface area contributed by atoms with E-state index in [0.29, 0.717) is 23.2 Å². The molecule has 0 aliphatic rings. The van der Waals surface area contributed by atoms with Crippen molar-refractivity contribution in [3.63, 3.8) is 0 Å². The van der Waals surface area contributed by atoms with Gasteiger partial charge in [0, 0.05) is 17.5 Å². The molecule has 1 heterocycles. The van der Waals surface area contributed by atoms with Gasteiger partial charge in [0.15, 0.2) is 5.69 Å². The van der Waals surface area contributed by atoms with Crippen molar-refractivity contribution in [3.8, 4) is 17.4 Å². The summed E-state index contributed by atoms with van der Waals surface area (Å²) in [5.74, 6) is 0.101. The molecule has 0 aliphatic heterocycles. The van der Waals surface area contributed by atoms with Gasteiger partial charge in [0.25, 0.3) is 5.91 Å². The highest BCUT2D eigenvalue weighted by Gasteiger charge is 2.18. The lowest BCUT2D eigenvalue weighted by Crippen LogP contribution is -1.97. The molecule has 1 amide bonds. The monoisotopic (exact) mass is 381 g/mol. The number of azo groups is 1. The Hall–Kier alpha value is -3.35. The number of methoxy groups -OCH3 is 1. The number of aryl methyl sites for hydroxylation is 1. The Morgan fingerprint density at radius 3 is 2.54 bits per heavy atom. The first kappa shape index (κ1) is 19.4. The highest BCUT2D eigenvalue weighted by molar-refractivity contribution is 5.98. The maximum atomic E-state index is 12.3. The zero-order valence-electron chi connectivity index (χ0n) is 15.9. The molecule has 7 nitrogen and oxygen atoms in total. The highest BCUT2D eigenvalue weighted by atomic mass is 16.5. The van der Waals surface area contributed by atoms with Crippen LogP contribution >= 0.6 is 0 Å². The minimum atomic E-state index is -0.561. The minimum absolute atomic E-state index is 0.0263. The van der Waals surface area contributed by atoms with E-state index in [1.54, 1.807) is 17.7 Å². The van der Waals surface area contributed by atoms with Gasteiger partial charge in [-0.3, -0.25) is 4.79 Å². The van der Waals surface area contributed by atoms with E-state index in [0.717, 1.165) is 24.8 Å². The second-order valence-electron chi connectivity index (χ2n) is 6.47. The second-order valence-corrected chi connectivity index (χ2v) is 6.47. The molecule has 0 fully saturated rings. The number of hydrogen-bond acceptors (Lipinski definition) is 5. The normalized spacial score (nSPS) is 11.4. The molecule has 2 aromatic carbocycles. The maximum Gasteiger partial charge on any atom is 0.295 e. The van der Waals surface area contributed by atoms with Crippen LogP contribution in [-0.2, 0) is 6.54 Å². The van der Waals surface area contributed by atoms with Gasteiger partial charge < -0.3 is 19.5 Å². The van der Waals surface area contributed by atoms with Gasteiger partial charge in [0.1, 0.15) is 11.5 Å². The van der Waals surface area contributed by atoms with Crippen LogP contribution in [0.25, 0.3) is 10.9 Å².